The Hall–Kier alpha value is -1.97. The summed E-state index contributed by atoms with van der Waals surface area (Å²) in [6, 6.07) is 7.79. The fraction of sp³-hybridized carbons (Fsp3) is 0.400. The fourth-order valence-electron chi connectivity index (χ4n) is 1.97. The molecule has 0 bridgehead atoms. The van der Waals surface area contributed by atoms with E-state index in [0.29, 0.717) is 0 Å². The van der Waals surface area contributed by atoms with Gasteiger partial charge in [0.2, 0.25) is 0 Å². The molecule has 0 atom stereocenters. The van der Waals surface area contributed by atoms with Gasteiger partial charge in [0.05, 0.1) is 11.2 Å². The zero-order valence-electron chi connectivity index (χ0n) is 11.9. The van der Waals surface area contributed by atoms with E-state index < -0.39 is 5.60 Å². The van der Waals surface area contributed by atoms with Crippen molar-refractivity contribution in [1.29, 1.82) is 0 Å². The highest BCUT2D eigenvalue weighted by atomic mass is 16.6. The van der Waals surface area contributed by atoms with Crippen LogP contribution in [0.4, 0.5) is 10.5 Å². The molecule has 0 fully saturated rings. The quantitative estimate of drug-likeness (QED) is 0.891. The first-order valence-corrected chi connectivity index (χ1v) is 6.49. The van der Waals surface area contributed by atoms with Crippen molar-refractivity contribution in [3.8, 4) is 0 Å². The number of hydrogen-bond acceptors (Lipinski definition) is 3. The molecule has 4 nitrogen and oxygen atoms in total. The van der Waals surface area contributed by atoms with Crippen molar-refractivity contribution in [2.75, 3.05) is 11.9 Å². The van der Waals surface area contributed by atoms with Gasteiger partial charge < -0.3 is 10.1 Å². The number of para-hydroxylation sites is 1. The molecule has 0 aliphatic rings. The lowest BCUT2D eigenvalue weighted by Gasteiger charge is -2.19. The number of nitrogens with zero attached hydrogens (tertiary/aromatic N) is 1. The van der Waals surface area contributed by atoms with Gasteiger partial charge in [-0.3, -0.25) is 4.57 Å². The van der Waals surface area contributed by atoms with Crippen molar-refractivity contribution in [2.45, 2.75) is 33.3 Å². The van der Waals surface area contributed by atoms with Gasteiger partial charge in [0.15, 0.2) is 0 Å². The minimum Gasteiger partial charge on any atom is -0.443 e. The molecule has 0 saturated carbocycles. The molecule has 0 amide bonds. The summed E-state index contributed by atoms with van der Waals surface area (Å²) in [5, 5.41) is 4.28. The Labute approximate surface area is 113 Å². The van der Waals surface area contributed by atoms with Crippen molar-refractivity contribution < 1.29 is 9.53 Å². The average molecular weight is 260 g/mol. The van der Waals surface area contributed by atoms with E-state index in [1.165, 1.54) is 0 Å². The summed E-state index contributed by atoms with van der Waals surface area (Å²) in [5.74, 6) is 0. The fourth-order valence-corrected chi connectivity index (χ4v) is 1.97. The van der Waals surface area contributed by atoms with Crippen LogP contribution in [0, 0.1) is 0 Å². The third kappa shape index (κ3) is 2.89. The van der Waals surface area contributed by atoms with Crippen LogP contribution in [0.2, 0.25) is 0 Å². The van der Waals surface area contributed by atoms with Gasteiger partial charge >= 0.3 is 6.09 Å². The predicted octanol–water partition coefficient (Wildman–Crippen LogP) is 3.86. The third-order valence-corrected chi connectivity index (χ3v) is 2.67. The number of nitrogens with one attached hydrogen (secondary N) is 1. The van der Waals surface area contributed by atoms with Crippen molar-refractivity contribution >= 4 is 22.7 Å². The van der Waals surface area contributed by atoms with Crippen molar-refractivity contribution in [2.24, 2.45) is 0 Å². The second-order valence-corrected chi connectivity index (χ2v) is 5.44. The third-order valence-electron chi connectivity index (χ3n) is 2.67. The maximum Gasteiger partial charge on any atom is 0.419 e. The molecule has 1 aromatic heterocycles. The molecule has 2 aromatic rings. The van der Waals surface area contributed by atoms with E-state index in [9.17, 15) is 4.79 Å². The van der Waals surface area contributed by atoms with Crippen LogP contribution in [-0.4, -0.2) is 22.8 Å². The summed E-state index contributed by atoms with van der Waals surface area (Å²) in [4.78, 5) is 12.2. The number of aromatic nitrogens is 1. The molecule has 19 heavy (non-hydrogen) atoms. The summed E-state index contributed by atoms with van der Waals surface area (Å²) in [6.45, 7) is 8.42. The van der Waals surface area contributed by atoms with Gasteiger partial charge in [0.25, 0.3) is 0 Å². The van der Waals surface area contributed by atoms with Gasteiger partial charge in [-0.1, -0.05) is 18.2 Å². The summed E-state index contributed by atoms with van der Waals surface area (Å²) in [6.07, 6.45) is 1.44. The van der Waals surface area contributed by atoms with Crippen LogP contribution < -0.4 is 5.32 Å². The first kappa shape index (κ1) is 13.5. The Morgan fingerprint density at radius 3 is 2.63 bits per heavy atom. The number of ether oxygens (including phenoxy) is 1. The standard InChI is InChI=1S/C15H20N2O2/c1-5-16-12-10-17(14(18)19-15(2,3)4)13-9-7-6-8-11(12)13/h6-10,16H,5H2,1-4H3. The van der Waals surface area contributed by atoms with Crippen LogP contribution in [0.25, 0.3) is 10.9 Å². The zero-order chi connectivity index (χ0) is 14.0. The number of hydrogen-bond donors (Lipinski definition) is 1. The van der Waals surface area contributed by atoms with Gasteiger partial charge in [0, 0.05) is 18.1 Å². The molecule has 0 aliphatic heterocycles. The molecule has 1 aromatic carbocycles. The van der Waals surface area contributed by atoms with E-state index in [0.717, 1.165) is 23.1 Å². The van der Waals surface area contributed by atoms with Gasteiger partial charge in [-0.15, -0.1) is 0 Å². The number of fused-ring (bicyclic) bond motifs is 1. The van der Waals surface area contributed by atoms with Crippen LogP contribution in [0.5, 0.6) is 0 Å². The lowest BCUT2D eigenvalue weighted by atomic mass is 10.2. The van der Waals surface area contributed by atoms with Crippen LogP contribution in [0.15, 0.2) is 30.5 Å². The second-order valence-electron chi connectivity index (χ2n) is 5.44. The number of carbonyl (C=O) groups excluding carboxylic acids is 1. The molecule has 0 radical (unpaired) electrons. The first-order valence-electron chi connectivity index (χ1n) is 6.49. The van der Waals surface area contributed by atoms with Crippen LogP contribution in [0.1, 0.15) is 27.7 Å². The maximum atomic E-state index is 12.2. The number of benzene rings is 1. The Kier molecular flexibility index (Phi) is 3.51. The molecule has 0 aliphatic carbocycles. The van der Waals surface area contributed by atoms with Crippen LogP contribution in [-0.2, 0) is 4.74 Å². The minimum atomic E-state index is -0.499. The van der Waals surface area contributed by atoms with Gasteiger partial charge in [-0.2, -0.15) is 0 Å². The highest BCUT2D eigenvalue weighted by molar-refractivity contribution is 5.98. The molecular formula is C15H20N2O2. The maximum absolute atomic E-state index is 12.2. The molecule has 102 valence electrons. The van der Waals surface area contributed by atoms with E-state index in [1.54, 1.807) is 10.8 Å². The summed E-state index contributed by atoms with van der Waals surface area (Å²) < 4.78 is 6.97. The molecule has 0 spiro atoms. The van der Waals surface area contributed by atoms with Crippen LogP contribution in [0.3, 0.4) is 0 Å². The highest BCUT2D eigenvalue weighted by Gasteiger charge is 2.20. The van der Waals surface area contributed by atoms with Crippen molar-refractivity contribution in [1.82, 2.24) is 4.57 Å². The number of rotatable bonds is 2. The van der Waals surface area contributed by atoms with E-state index in [4.69, 9.17) is 4.74 Å². The van der Waals surface area contributed by atoms with E-state index in [-0.39, 0.29) is 6.09 Å². The highest BCUT2D eigenvalue weighted by Crippen LogP contribution is 2.26. The lowest BCUT2D eigenvalue weighted by Crippen LogP contribution is -2.26. The molecule has 2 rings (SSSR count). The predicted molar refractivity (Wildman–Crippen MR) is 77.7 cm³/mol. The summed E-state index contributed by atoms with van der Waals surface area (Å²) in [7, 11) is 0. The molecular weight excluding hydrogens is 240 g/mol. The minimum absolute atomic E-state index is 0.354. The Morgan fingerprint density at radius 2 is 2.00 bits per heavy atom. The lowest BCUT2D eigenvalue weighted by molar-refractivity contribution is 0.0544. The molecule has 4 heteroatoms. The van der Waals surface area contributed by atoms with Crippen molar-refractivity contribution in [3.63, 3.8) is 0 Å². The smallest absolute Gasteiger partial charge is 0.419 e. The Morgan fingerprint density at radius 1 is 1.32 bits per heavy atom. The van der Waals surface area contributed by atoms with Gasteiger partial charge in [0.1, 0.15) is 5.60 Å². The molecule has 0 saturated heterocycles. The zero-order valence-corrected chi connectivity index (χ0v) is 11.9. The van der Waals surface area contributed by atoms with Crippen molar-refractivity contribution in [3.05, 3.63) is 30.5 Å². The Balaban J connectivity index is 2.46. The SMILES string of the molecule is CCNc1cn(C(=O)OC(C)(C)C)c2ccccc12. The van der Waals surface area contributed by atoms with Crippen LogP contribution >= 0.6 is 0 Å². The van der Waals surface area contributed by atoms with E-state index >= 15 is 0 Å². The number of carbonyl (C=O) groups is 1. The largest absolute Gasteiger partial charge is 0.443 e. The van der Waals surface area contributed by atoms with Gasteiger partial charge in [-0.05, 0) is 33.8 Å². The average Bonchev–Trinajstić information content (AvgIpc) is 2.67. The molecule has 1 heterocycles. The van der Waals surface area contributed by atoms with Gasteiger partial charge in [-0.25, -0.2) is 4.79 Å². The normalized spacial score (nSPS) is 11.6. The second kappa shape index (κ2) is 4.96. The van der Waals surface area contributed by atoms with E-state index in [1.807, 2.05) is 52.0 Å². The molecule has 0 unspecified atom stereocenters. The topological polar surface area (TPSA) is 43.3 Å². The number of anilines is 1. The monoisotopic (exact) mass is 260 g/mol. The molecule has 1 N–H and O–H groups in total. The summed E-state index contributed by atoms with van der Waals surface area (Å²) >= 11 is 0. The summed E-state index contributed by atoms with van der Waals surface area (Å²) in [5.41, 5.74) is 1.30. The Bertz CT molecular complexity index is 594. The van der Waals surface area contributed by atoms with E-state index in [2.05, 4.69) is 5.32 Å². The first-order chi connectivity index (χ1) is 8.92.